The van der Waals surface area contributed by atoms with Gasteiger partial charge in [-0.05, 0) is 36.5 Å². The number of benzene rings is 1. The van der Waals surface area contributed by atoms with Gasteiger partial charge in [-0.1, -0.05) is 13.8 Å². The zero-order valence-electron chi connectivity index (χ0n) is 16.3. The van der Waals surface area contributed by atoms with Gasteiger partial charge in [-0.2, -0.15) is 17.5 Å². The Kier molecular flexibility index (Phi) is 6.65. The van der Waals surface area contributed by atoms with E-state index >= 15 is 0 Å². The van der Waals surface area contributed by atoms with Gasteiger partial charge >= 0.3 is 6.18 Å². The van der Waals surface area contributed by atoms with Crippen molar-refractivity contribution in [2.24, 2.45) is 11.8 Å². The molecule has 1 amide bonds. The minimum Gasteiger partial charge on any atom is -0.495 e. The summed E-state index contributed by atoms with van der Waals surface area (Å²) < 4.78 is 70.5. The minimum atomic E-state index is -4.55. The highest BCUT2D eigenvalue weighted by Crippen LogP contribution is 2.32. The number of rotatable bonds is 5. The third-order valence-corrected chi connectivity index (χ3v) is 6.48. The number of hydrogen-bond acceptors (Lipinski definition) is 4. The molecule has 0 aliphatic carbocycles. The van der Waals surface area contributed by atoms with Crippen molar-refractivity contribution in [3.8, 4) is 5.75 Å². The molecule has 0 bridgehead atoms. The highest BCUT2D eigenvalue weighted by molar-refractivity contribution is 7.89. The Hall–Kier alpha value is -1.81. The number of methoxy groups -OCH3 is 1. The predicted octanol–water partition coefficient (Wildman–Crippen LogP) is 3.00. The van der Waals surface area contributed by atoms with Gasteiger partial charge in [0.15, 0.2) is 0 Å². The van der Waals surface area contributed by atoms with Crippen molar-refractivity contribution in [2.45, 2.75) is 31.3 Å². The first-order valence-electron chi connectivity index (χ1n) is 8.85. The van der Waals surface area contributed by atoms with E-state index in [2.05, 4.69) is 0 Å². The summed E-state index contributed by atoms with van der Waals surface area (Å²) in [4.78, 5) is 12.6. The van der Waals surface area contributed by atoms with E-state index in [0.717, 1.165) is 19.5 Å². The molecule has 2 atom stereocenters. The molecule has 0 N–H and O–H groups in total. The fourth-order valence-electron chi connectivity index (χ4n) is 3.51. The second-order valence-corrected chi connectivity index (χ2v) is 9.32. The molecule has 158 valence electrons. The lowest BCUT2D eigenvalue weighted by Crippen LogP contribution is -2.42. The topological polar surface area (TPSA) is 66.9 Å². The van der Waals surface area contributed by atoms with Gasteiger partial charge in [-0.3, -0.25) is 4.79 Å². The standard InChI is InChI=1S/C18H25F3N2O4S/c1-12-7-13(2)10-23(9-12)28(25,26)16-8-14(5-6-15(16)27-4)17(24)22(3)11-18(19,20)21/h5-6,8,12-13H,7,9-11H2,1-4H3. The van der Waals surface area contributed by atoms with Crippen molar-refractivity contribution in [1.82, 2.24) is 9.21 Å². The number of ether oxygens (including phenoxy) is 1. The molecule has 1 saturated heterocycles. The highest BCUT2D eigenvalue weighted by atomic mass is 32.2. The number of piperidine rings is 1. The fourth-order valence-corrected chi connectivity index (χ4v) is 5.37. The summed E-state index contributed by atoms with van der Waals surface area (Å²) in [6.45, 7) is 3.16. The van der Waals surface area contributed by atoms with Gasteiger partial charge in [0, 0.05) is 25.7 Å². The van der Waals surface area contributed by atoms with Crippen LogP contribution in [0, 0.1) is 11.8 Å². The van der Waals surface area contributed by atoms with Crippen molar-refractivity contribution in [3.63, 3.8) is 0 Å². The first-order chi connectivity index (χ1) is 12.8. The van der Waals surface area contributed by atoms with Crippen LogP contribution in [0.1, 0.15) is 30.6 Å². The van der Waals surface area contributed by atoms with Crippen molar-refractivity contribution in [2.75, 3.05) is 33.8 Å². The number of carbonyl (C=O) groups excluding carboxylic acids is 1. The number of carbonyl (C=O) groups is 1. The monoisotopic (exact) mass is 422 g/mol. The summed E-state index contributed by atoms with van der Waals surface area (Å²) in [5, 5.41) is 0. The van der Waals surface area contributed by atoms with Crippen LogP contribution in [0.25, 0.3) is 0 Å². The summed E-state index contributed by atoms with van der Waals surface area (Å²) in [5.74, 6) is -0.530. The van der Waals surface area contributed by atoms with E-state index in [4.69, 9.17) is 4.74 Å². The number of halogens is 3. The molecule has 10 heteroatoms. The van der Waals surface area contributed by atoms with E-state index in [1.807, 2.05) is 13.8 Å². The summed E-state index contributed by atoms with van der Waals surface area (Å²) in [6, 6.07) is 3.64. The summed E-state index contributed by atoms with van der Waals surface area (Å²) in [6.07, 6.45) is -3.64. The Morgan fingerprint density at radius 2 is 1.82 bits per heavy atom. The molecule has 0 radical (unpaired) electrons. The highest BCUT2D eigenvalue weighted by Gasteiger charge is 2.35. The van der Waals surface area contributed by atoms with Crippen LogP contribution in [-0.4, -0.2) is 63.5 Å². The number of nitrogens with zero attached hydrogens (tertiary/aromatic N) is 2. The zero-order valence-corrected chi connectivity index (χ0v) is 17.1. The Labute approximate surface area is 163 Å². The lowest BCUT2D eigenvalue weighted by Gasteiger charge is -2.34. The molecule has 28 heavy (non-hydrogen) atoms. The molecule has 1 aromatic rings. The lowest BCUT2D eigenvalue weighted by molar-refractivity contribution is -0.138. The molecule has 0 aromatic heterocycles. The maximum absolute atomic E-state index is 13.2. The van der Waals surface area contributed by atoms with Crippen LogP contribution in [0.4, 0.5) is 13.2 Å². The summed E-state index contributed by atoms with van der Waals surface area (Å²) >= 11 is 0. The van der Waals surface area contributed by atoms with E-state index in [9.17, 15) is 26.4 Å². The molecule has 1 aliphatic heterocycles. The van der Waals surface area contributed by atoms with Crippen LogP contribution >= 0.6 is 0 Å². The van der Waals surface area contributed by atoms with Crippen LogP contribution in [0.15, 0.2) is 23.1 Å². The molecule has 1 aromatic carbocycles. The third-order valence-electron chi connectivity index (χ3n) is 4.63. The van der Waals surface area contributed by atoms with Crippen molar-refractivity contribution in [1.29, 1.82) is 0 Å². The van der Waals surface area contributed by atoms with Gasteiger partial charge in [-0.25, -0.2) is 8.42 Å². The molecular weight excluding hydrogens is 397 g/mol. The van der Waals surface area contributed by atoms with E-state index in [0.29, 0.717) is 18.0 Å². The van der Waals surface area contributed by atoms with Crippen LogP contribution in [0.5, 0.6) is 5.75 Å². The van der Waals surface area contributed by atoms with Gasteiger partial charge in [0.2, 0.25) is 10.0 Å². The van der Waals surface area contributed by atoms with Crippen LogP contribution < -0.4 is 4.74 Å². The normalized spacial score (nSPS) is 21.4. The molecule has 1 aliphatic rings. The number of alkyl halides is 3. The summed E-state index contributed by atoms with van der Waals surface area (Å²) in [7, 11) is -1.66. The van der Waals surface area contributed by atoms with Crippen LogP contribution in [-0.2, 0) is 10.0 Å². The molecule has 0 saturated carbocycles. The average molecular weight is 422 g/mol. The first-order valence-corrected chi connectivity index (χ1v) is 10.3. The molecular formula is C18H25F3N2O4S. The van der Waals surface area contributed by atoms with Crippen molar-refractivity contribution in [3.05, 3.63) is 23.8 Å². The number of hydrogen-bond donors (Lipinski definition) is 0. The second-order valence-electron chi connectivity index (χ2n) is 7.41. The zero-order chi connectivity index (χ0) is 21.3. The van der Waals surface area contributed by atoms with Gasteiger partial charge < -0.3 is 9.64 Å². The third kappa shape index (κ3) is 5.16. The quantitative estimate of drug-likeness (QED) is 0.732. The van der Waals surface area contributed by atoms with Crippen molar-refractivity contribution < 1.29 is 31.1 Å². The Morgan fingerprint density at radius 1 is 1.25 bits per heavy atom. The first kappa shape index (κ1) is 22.5. The molecule has 2 rings (SSSR count). The number of sulfonamides is 1. The molecule has 1 heterocycles. The van der Waals surface area contributed by atoms with E-state index in [-0.39, 0.29) is 28.0 Å². The van der Waals surface area contributed by atoms with Gasteiger partial charge in [-0.15, -0.1) is 0 Å². The van der Waals surface area contributed by atoms with Crippen LogP contribution in [0.3, 0.4) is 0 Å². The second kappa shape index (κ2) is 8.28. The van der Waals surface area contributed by atoms with Gasteiger partial charge in [0.1, 0.15) is 17.2 Å². The van der Waals surface area contributed by atoms with Gasteiger partial charge in [0.05, 0.1) is 7.11 Å². The van der Waals surface area contributed by atoms with Crippen molar-refractivity contribution >= 4 is 15.9 Å². The SMILES string of the molecule is COc1ccc(C(=O)N(C)CC(F)(F)F)cc1S(=O)(=O)N1CC(C)CC(C)C1. The summed E-state index contributed by atoms with van der Waals surface area (Å²) in [5.41, 5.74) is -0.149. The van der Waals surface area contributed by atoms with Gasteiger partial charge in [0.25, 0.3) is 5.91 Å². The number of amides is 1. The Bertz CT molecular complexity index is 817. The molecule has 2 unspecified atom stereocenters. The maximum atomic E-state index is 13.2. The smallest absolute Gasteiger partial charge is 0.406 e. The molecule has 6 nitrogen and oxygen atoms in total. The minimum absolute atomic E-state index is 0.0425. The largest absolute Gasteiger partial charge is 0.495 e. The fraction of sp³-hybridized carbons (Fsp3) is 0.611. The maximum Gasteiger partial charge on any atom is 0.406 e. The van der Waals surface area contributed by atoms with Crippen LogP contribution in [0.2, 0.25) is 0 Å². The van der Waals surface area contributed by atoms with E-state index in [1.165, 1.54) is 23.5 Å². The van der Waals surface area contributed by atoms with E-state index in [1.54, 1.807) is 0 Å². The Morgan fingerprint density at radius 3 is 2.32 bits per heavy atom. The predicted molar refractivity (Wildman–Crippen MR) is 97.7 cm³/mol. The lowest BCUT2D eigenvalue weighted by atomic mass is 9.94. The Balaban J connectivity index is 2.41. The van der Waals surface area contributed by atoms with E-state index < -0.39 is 28.7 Å². The average Bonchev–Trinajstić information content (AvgIpc) is 2.58. The molecule has 1 fully saturated rings. The molecule has 0 spiro atoms.